The number of benzene rings is 2. The van der Waals surface area contributed by atoms with E-state index in [1.54, 1.807) is 18.2 Å². The Labute approximate surface area is 171 Å². The second-order valence-electron chi connectivity index (χ2n) is 7.69. The van der Waals surface area contributed by atoms with Gasteiger partial charge in [0.05, 0.1) is 5.92 Å². The van der Waals surface area contributed by atoms with E-state index in [2.05, 4.69) is 4.40 Å². The number of sulfonamides is 1. The van der Waals surface area contributed by atoms with Gasteiger partial charge in [-0.15, -0.1) is 4.40 Å². The van der Waals surface area contributed by atoms with E-state index >= 15 is 0 Å². The summed E-state index contributed by atoms with van der Waals surface area (Å²) in [6.07, 6.45) is 1.24. The number of piperidine rings is 1. The molecule has 0 aliphatic carbocycles. The number of esters is 1. The van der Waals surface area contributed by atoms with Gasteiger partial charge in [-0.05, 0) is 49.9 Å². The van der Waals surface area contributed by atoms with E-state index in [0.29, 0.717) is 37.3 Å². The van der Waals surface area contributed by atoms with Crippen molar-refractivity contribution in [2.45, 2.75) is 38.2 Å². The molecule has 0 radical (unpaired) electrons. The van der Waals surface area contributed by atoms with Gasteiger partial charge >= 0.3 is 5.97 Å². The third kappa shape index (κ3) is 3.92. The van der Waals surface area contributed by atoms with Gasteiger partial charge in [-0.25, -0.2) is 0 Å². The van der Waals surface area contributed by atoms with Gasteiger partial charge in [0.1, 0.15) is 11.5 Å². The van der Waals surface area contributed by atoms with Gasteiger partial charge < -0.3 is 9.64 Å². The highest BCUT2D eigenvalue weighted by Gasteiger charge is 2.34. The Morgan fingerprint density at radius 1 is 1.14 bits per heavy atom. The maximum absolute atomic E-state index is 12.5. The standard InChI is InChI=1S/C22H24N2O4S/c1-15-7-8-16(2)18(13-15)14-28-22(25)17-9-11-24(12-10-17)21-19-5-3-4-6-20(19)29(26,27)23-21/h3-8,13,17H,9-12,14H2,1-2H3. The summed E-state index contributed by atoms with van der Waals surface area (Å²) in [6, 6.07) is 13.0. The van der Waals surface area contributed by atoms with Crippen molar-refractivity contribution >= 4 is 21.8 Å². The number of likely N-dealkylation sites (tertiary alicyclic amines) is 1. The molecule has 152 valence electrons. The molecule has 0 N–H and O–H groups in total. The summed E-state index contributed by atoms with van der Waals surface area (Å²) in [5.74, 6) is 0.125. The molecule has 2 aromatic carbocycles. The van der Waals surface area contributed by atoms with Crippen molar-refractivity contribution in [1.82, 2.24) is 4.90 Å². The molecule has 7 heteroatoms. The number of carbonyl (C=O) groups is 1. The van der Waals surface area contributed by atoms with E-state index < -0.39 is 10.0 Å². The number of amidine groups is 1. The summed E-state index contributed by atoms with van der Waals surface area (Å²) >= 11 is 0. The number of hydrogen-bond donors (Lipinski definition) is 0. The second kappa shape index (κ2) is 7.63. The van der Waals surface area contributed by atoms with Crippen LogP contribution in [0.1, 0.15) is 35.1 Å². The predicted octanol–water partition coefficient (Wildman–Crippen LogP) is 3.21. The molecule has 29 heavy (non-hydrogen) atoms. The highest BCUT2D eigenvalue weighted by Crippen LogP contribution is 2.30. The third-order valence-corrected chi connectivity index (χ3v) is 6.94. The van der Waals surface area contributed by atoms with Crippen LogP contribution in [0.3, 0.4) is 0 Å². The van der Waals surface area contributed by atoms with Crippen molar-refractivity contribution in [3.05, 3.63) is 64.7 Å². The van der Waals surface area contributed by atoms with E-state index in [0.717, 1.165) is 16.7 Å². The molecule has 2 aliphatic rings. The van der Waals surface area contributed by atoms with Crippen molar-refractivity contribution in [2.24, 2.45) is 10.3 Å². The summed E-state index contributed by atoms with van der Waals surface area (Å²) in [5.41, 5.74) is 3.92. The SMILES string of the molecule is Cc1ccc(C)c(COC(=O)C2CCN(C3=NS(=O)(=O)c4ccccc43)CC2)c1. The predicted molar refractivity (Wildman–Crippen MR) is 110 cm³/mol. The number of hydrogen-bond acceptors (Lipinski definition) is 5. The molecule has 0 amide bonds. The molecule has 4 rings (SSSR count). The summed E-state index contributed by atoms with van der Waals surface area (Å²) in [5, 5.41) is 0. The van der Waals surface area contributed by atoms with Crippen molar-refractivity contribution in [2.75, 3.05) is 13.1 Å². The second-order valence-corrected chi connectivity index (χ2v) is 9.26. The van der Waals surface area contributed by atoms with Crippen molar-refractivity contribution < 1.29 is 17.9 Å². The lowest BCUT2D eigenvalue weighted by Crippen LogP contribution is -2.40. The van der Waals surface area contributed by atoms with E-state index in [1.807, 2.05) is 43.0 Å². The van der Waals surface area contributed by atoms with Crippen LogP contribution in [0.5, 0.6) is 0 Å². The average Bonchev–Trinajstić information content (AvgIpc) is 3.00. The zero-order valence-electron chi connectivity index (χ0n) is 16.6. The number of carbonyl (C=O) groups excluding carboxylic acids is 1. The highest BCUT2D eigenvalue weighted by molar-refractivity contribution is 7.90. The molecular weight excluding hydrogens is 388 g/mol. The smallest absolute Gasteiger partial charge is 0.309 e. The Hall–Kier alpha value is -2.67. The first-order valence-electron chi connectivity index (χ1n) is 9.77. The Balaban J connectivity index is 1.37. The molecule has 0 saturated carbocycles. The van der Waals surface area contributed by atoms with Gasteiger partial charge in [-0.1, -0.05) is 35.9 Å². The van der Waals surface area contributed by atoms with Crippen LogP contribution in [0.2, 0.25) is 0 Å². The lowest BCUT2D eigenvalue weighted by atomic mass is 9.96. The van der Waals surface area contributed by atoms with E-state index in [9.17, 15) is 13.2 Å². The molecule has 2 aliphatic heterocycles. The minimum absolute atomic E-state index is 0.176. The largest absolute Gasteiger partial charge is 0.461 e. The molecular formula is C22H24N2O4S. The van der Waals surface area contributed by atoms with Crippen molar-refractivity contribution in [3.63, 3.8) is 0 Å². The summed E-state index contributed by atoms with van der Waals surface area (Å²) in [7, 11) is -3.63. The zero-order chi connectivity index (χ0) is 20.6. The van der Waals surface area contributed by atoms with Gasteiger partial charge in [-0.3, -0.25) is 4.79 Å². The van der Waals surface area contributed by atoms with Gasteiger partial charge in [-0.2, -0.15) is 8.42 Å². The van der Waals surface area contributed by atoms with E-state index in [4.69, 9.17) is 4.74 Å². The Morgan fingerprint density at radius 3 is 2.62 bits per heavy atom. The van der Waals surface area contributed by atoms with Crippen LogP contribution < -0.4 is 0 Å². The highest BCUT2D eigenvalue weighted by atomic mass is 32.2. The molecule has 0 aromatic heterocycles. The van der Waals surface area contributed by atoms with Crippen LogP contribution in [-0.4, -0.2) is 38.2 Å². The maximum Gasteiger partial charge on any atom is 0.309 e. The van der Waals surface area contributed by atoms with E-state index in [1.165, 1.54) is 0 Å². The van der Waals surface area contributed by atoms with Crippen molar-refractivity contribution in [1.29, 1.82) is 0 Å². The number of nitrogens with zero attached hydrogens (tertiary/aromatic N) is 2. The number of aryl methyl sites for hydroxylation is 2. The molecule has 0 spiro atoms. The van der Waals surface area contributed by atoms with Crippen LogP contribution in [0.15, 0.2) is 51.8 Å². The summed E-state index contributed by atoms with van der Waals surface area (Å²) in [4.78, 5) is 14.7. The molecule has 0 bridgehead atoms. The van der Waals surface area contributed by atoms with Gasteiger partial charge in [0.2, 0.25) is 0 Å². The maximum atomic E-state index is 12.5. The monoisotopic (exact) mass is 412 g/mol. The van der Waals surface area contributed by atoms with Crippen LogP contribution in [0.4, 0.5) is 0 Å². The fraction of sp³-hybridized carbons (Fsp3) is 0.364. The fourth-order valence-electron chi connectivity index (χ4n) is 3.87. The minimum Gasteiger partial charge on any atom is -0.461 e. The van der Waals surface area contributed by atoms with E-state index in [-0.39, 0.29) is 23.4 Å². The molecule has 2 heterocycles. The lowest BCUT2D eigenvalue weighted by Gasteiger charge is -2.32. The Bertz CT molecular complexity index is 1080. The van der Waals surface area contributed by atoms with Gasteiger partial charge in [0, 0.05) is 18.7 Å². The molecule has 1 saturated heterocycles. The van der Waals surface area contributed by atoms with Gasteiger partial charge in [0.15, 0.2) is 5.84 Å². The number of fused-ring (bicyclic) bond motifs is 1. The Morgan fingerprint density at radius 2 is 1.86 bits per heavy atom. The molecule has 0 atom stereocenters. The average molecular weight is 413 g/mol. The first kappa shape index (κ1) is 19.6. The van der Waals surface area contributed by atoms with Crippen LogP contribution in [0, 0.1) is 19.8 Å². The van der Waals surface area contributed by atoms with Crippen LogP contribution in [0.25, 0.3) is 0 Å². The third-order valence-electron chi connectivity index (χ3n) is 5.61. The summed E-state index contributed by atoms with van der Waals surface area (Å²) in [6.45, 7) is 5.46. The summed E-state index contributed by atoms with van der Waals surface area (Å²) < 4.78 is 34.1. The molecule has 2 aromatic rings. The zero-order valence-corrected chi connectivity index (χ0v) is 17.4. The normalized spacial score (nSPS) is 18.3. The van der Waals surface area contributed by atoms with Gasteiger partial charge in [0.25, 0.3) is 10.0 Å². The molecule has 0 unspecified atom stereocenters. The first-order valence-corrected chi connectivity index (χ1v) is 11.2. The quantitative estimate of drug-likeness (QED) is 0.724. The fourth-order valence-corrected chi connectivity index (χ4v) is 5.09. The topological polar surface area (TPSA) is 76.0 Å². The minimum atomic E-state index is -3.63. The number of rotatable bonds is 3. The van der Waals surface area contributed by atoms with Crippen LogP contribution in [-0.2, 0) is 26.2 Å². The first-order chi connectivity index (χ1) is 13.8. The molecule has 6 nitrogen and oxygen atoms in total. The lowest BCUT2D eigenvalue weighted by molar-refractivity contribution is -0.151. The van der Waals surface area contributed by atoms with Crippen LogP contribution >= 0.6 is 0 Å². The molecule has 1 fully saturated rings. The number of ether oxygens (including phenoxy) is 1. The van der Waals surface area contributed by atoms with Crippen molar-refractivity contribution in [3.8, 4) is 0 Å². The Kier molecular flexibility index (Phi) is 5.17.